The van der Waals surface area contributed by atoms with Gasteiger partial charge in [0.1, 0.15) is 0 Å². The quantitative estimate of drug-likeness (QED) is 0.407. The maximum Gasteiger partial charge on any atom is 0.218 e. The Hall–Kier alpha value is -0.910. The summed E-state index contributed by atoms with van der Waals surface area (Å²) < 4.78 is 0. The van der Waals surface area contributed by atoms with Gasteiger partial charge in [-0.2, -0.15) is 16.8 Å². The molecule has 0 aromatic carbocycles. The molecule has 0 aliphatic carbocycles. The van der Waals surface area contributed by atoms with Crippen molar-refractivity contribution in [3.05, 3.63) is 0 Å². The standard InChI is InChI=1S/C7H15N5S/c8-6(9)12-7(10)11-3-5-1-2-13-4-5/h5H,1-4H2,(H6,8,9,10,11,12). The van der Waals surface area contributed by atoms with Crippen LogP contribution in [0, 0.1) is 5.92 Å². The van der Waals surface area contributed by atoms with Crippen LogP contribution in [0.3, 0.4) is 0 Å². The van der Waals surface area contributed by atoms with Crippen LogP contribution in [0.25, 0.3) is 0 Å². The number of rotatable bonds is 2. The van der Waals surface area contributed by atoms with E-state index in [9.17, 15) is 0 Å². The largest absolute Gasteiger partial charge is 0.370 e. The number of aliphatic imine (C=N–C) groups is 2. The normalized spacial score (nSPS) is 23.1. The first kappa shape index (κ1) is 10.2. The van der Waals surface area contributed by atoms with Crippen molar-refractivity contribution in [2.45, 2.75) is 6.42 Å². The fourth-order valence-electron chi connectivity index (χ4n) is 1.12. The SMILES string of the molecule is NC(N)=NC(N)=NCC1CCSC1. The minimum absolute atomic E-state index is 0.0398. The average molecular weight is 201 g/mol. The van der Waals surface area contributed by atoms with E-state index in [0.717, 1.165) is 6.54 Å². The first-order valence-corrected chi connectivity index (χ1v) is 5.31. The molecule has 0 bridgehead atoms. The Morgan fingerprint density at radius 3 is 2.69 bits per heavy atom. The zero-order valence-corrected chi connectivity index (χ0v) is 8.26. The summed E-state index contributed by atoms with van der Waals surface area (Å²) in [4.78, 5) is 7.71. The van der Waals surface area contributed by atoms with E-state index in [4.69, 9.17) is 17.2 Å². The predicted octanol–water partition coefficient (Wildman–Crippen LogP) is -0.672. The molecule has 1 saturated heterocycles. The molecule has 6 heteroatoms. The molecule has 0 spiro atoms. The molecule has 1 unspecified atom stereocenters. The van der Waals surface area contributed by atoms with Crippen molar-refractivity contribution >= 4 is 23.7 Å². The molecule has 1 rings (SSSR count). The molecular formula is C7H15N5S. The summed E-state index contributed by atoms with van der Waals surface area (Å²) in [5.74, 6) is 3.16. The summed E-state index contributed by atoms with van der Waals surface area (Å²) in [6, 6.07) is 0. The Balaban J connectivity index is 2.33. The van der Waals surface area contributed by atoms with Gasteiger partial charge >= 0.3 is 0 Å². The maximum atomic E-state index is 5.45. The van der Waals surface area contributed by atoms with Gasteiger partial charge in [-0.05, 0) is 23.8 Å². The lowest BCUT2D eigenvalue weighted by molar-refractivity contribution is 0.612. The molecule has 0 amide bonds. The molecule has 0 saturated carbocycles. The van der Waals surface area contributed by atoms with Gasteiger partial charge < -0.3 is 17.2 Å². The number of guanidine groups is 2. The lowest BCUT2D eigenvalue weighted by atomic mass is 10.1. The molecule has 0 aromatic rings. The van der Waals surface area contributed by atoms with E-state index < -0.39 is 0 Å². The van der Waals surface area contributed by atoms with E-state index >= 15 is 0 Å². The number of thioether (sulfide) groups is 1. The van der Waals surface area contributed by atoms with Crippen LogP contribution in [0.2, 0.25) is 0 Å². The second-order valence-electron chi connectivity index (χ2n) is 2.97. The summed E-state index contributed by atoms with van der Waals surface area (Å²) in [6.07, 6.45) is 1.21. The molecule has 0 aromatic heterocycles. The first-order valence-electron chi connectivity index (χ1n) is 4.16. The third-order valence-corrected chi connectivity index (χ3v) is 3.01. The van der Waals surface area contributed by atoms with Crippen molar-refractivity contribution in [2.24, 2.45) is 33.1 Å². The van der Waals surface area contributed by atoms with Gasteiger partial charge in [0.2, 0.25) is 5.96 Å². The van der Waals surface area contributed by atoms with Gasteiger partial charge in [-0.15, -0.1) is 0 Å². The number of hydrogen-bond donors (Lipinski definition) is 3. The van der Waals surface area contributed by atoms with E-state index in [1.165, 1.54) is 17.9 Å². The highest BCUT2D eigenvalue weighted by Crippen LogP contribution is 2.23. The van der Waals surface area contributed by atoms with E-state index in [1.807, 2.05) is 11.8 Å². The molecule has 1 atom stereocenters. The van der Waals surface area contributed by atoms with Gasteiger partial charge in [-0.1, -0.05) is 0 Å². The minimum atomic E-state index is -0.0398. The molecule has 6 N–H and O–H groups in total. The zero-order valence-electron chi connectivity index (χ0n) is 7.44. The maximum absolute atomic E-state index is 5.45. The Bertz CT molecular complexity index is 215. The Morgan fingerprint density at radius 1 is 1.38 bits per heavy atom. The van der Waals surface area contributed by atoms with Crippen LogP contribution in [-0.2, 0) is 0 Å². The zero-order chi connectivity index (χ0) is 9.68. The van der Waals surface area contributed by atoms with Crippen LogP contribution < -0.4 is 17.2 Å². The van der Waals surface area contributed by atoms with Crippen LogP contribution in [0.1, 0.15) is 6.42 Å². The predicted molar refractivity (Wildman–Crippen MR) is 57.7 cm³/mol. The summed E-state index contributed by atoms with van der Waals surface area (Å²) in [5.41, 5.74) is 15.7. The summed E-state index contributed by atoms with van der Waals surface area (Å²) in [7, 11) is 0. The topological polar surface area (TPSA) is 103 Å². The van der Waals surface area contributed by atoms with Gasteiger partial charge in [0.15, 0.2) is 5.96 Å². The summed E-state index contributed by atoms with van der Waals surface area (Å²) in [5, 5.41) is 0. The van der Waals surface area contributed by atoms with Crippen LogP contribution in [0.4, 0.5) is 0 Å². The van der Waals surface area contributed by atoms with E-state index in [1.54, 1.807) is 0 Å². The second kappa shape index (κ2) is 4.96. The van der Waals surface area contributed by atoms with Gasteiger partial charge in [-0.25, -0.2) is 0 Å². The van der Waals surface area contributed by atoms with E-state index in [2.05, 4.69) is 9.98 Å². The number of hydrogen-bond acceptors (Lipinski definition) is 2. The molecule has 74 valence electrons. The first-order chi connectivity index (χ1) is 6.18. The monoisotopic (exact) mass is 201 g/mol. The molecular weight excluding hydrogens is 186 g/mol. The summed E-state index contributed by atoms with van der Waals surface area (Å²) in [6.45, 7) is 0.732. The number of nitrogens with two attached hydrogens (primary N) is 3. The van der Waals surface area contributed by atoms with Gasteiger partial charge in [0.25, 0.3) is 0 Å². The van der Waals surface area contributed by atoms with Crippen LogP contribution in [-0.4, -0.2) is 30.0 Å². The third kappa shape index (κ3) is 4.02. The Morgan fingerprint density at radius 2 is 2.15 bits per heavy atom. The number of nitrogens with zero attached hydrogens (tertiary/aromatic N) is 2. The molecule has 5 nitrogen and oxygen atoms in total. The molecule has 1 heterocycles. The smallest absolute Gasteiger partial charge is 0.218 e. The lowest BCUT2D eigenvalue weighted by Crippen LogP contribution is -2.26. The highest BCUT2D eigenvalue weighted by atomic mass is 32.2. The van der Waals surface area contributed by atoms with E-state index in [0.29, 0.717) is 5.92 Å². The van der Waals surface area contributed by atoms with Crippen LogP contribution in [0.15, 0.2) is 9.98 Å². The average Bonchev–Trinajstić information content (AvgIpc) is 2.51. The molecule has 0 radical (unpaired) electrons. The molecule has 1 aliphatic rings. The molecule has 1 fully saturated rings. The lowest BCUT2D eigenvalue weighted by Gasteiger charge is -2.02. The van der Waals surface area contributed by atoms with Crippen molar-refractivity contribution < 1.29 is 0 Å². The van der Waals surface area contributed by atoms with Gasteiger partial charge in [-0.3, -0.25) is 4.99 Å². The molecule has 1 aliphatic heterocycles. The van der Waals surface area contributed by atoms with Crippen molar-refractivity contribution in [2.75, 3.05) is 18.1 Å². The van der Waals surface area contributed by atoms with Crippen molar-refractivity contribution in [3.8, 4) is 0 Å². The van der Waals surface area contributed by atoms with Crippen molar-refractivity contribution in [1.29, 1.82) is 0 Å². The third-order valence-electron chi connectivity index (χ3n) is 1.78. The Kier molecular flexibility index (Phi) is 3.88. The minimum Gasteiger partial charge on any atom is -0.370 e. The van der Waals surface area contributed by atoms with Gasteiger partial charge in [0, 0.05) is 6.54 Å². The fourth-order valence-corrected chi connectivity index (χ4v) is 2.39. The van der Waals surface area contributed by atoms with Crippen LogP contribution in [0.5, 0.6) is 0 Å². The Labute approximate surface area is 81.9 Å². The van der Waals surface area contributed by atoms with Crippen LogP contribution >= 0.6 is 11.8 Å². The molecule has 13 heavy (non-hydrogen) atoms. The second-order valence-corrected chi connectivity index (χ2v) is 4.12. The van der Waals surface area contributed by atoms with E-state index in [-0.39, 0.29) is 11.9 Å². The fraction of sp³-hybridized carbons (Fsp3) is 0.714. The van der Waals surface area contributed by atoms with Gasteiger partial charge in [0.05, 0.1) is 0 Å². The van der Waals surface area contributed by atoms with Crippen molar-refractivity contribution in [1.82, 2.24) is 0 Å². The highest BCUT2D eigenvalue weighted by Gasteiger charge is 2.14. The highest BCUT2D eigenvalue weighted by molar-refractivity contribution is 7.99. The summed E-state index contributed by atoms with van der Waals surface area (Å²) >= 11 is 1.95. The van der Waals surface area contributed by atoms with Crippen molar-refractivity contribution in [3.63, 3.8) is 0 Å².